The molecule has 9 nitrogen and oxygen atoms in total. The van der Waals surface area contributed by atoms with E-state index in [9.17, 15) is 14.9 Å². The molecule has 0 saturated carbocycles. The number of anilines is 1. The quantitative estimate of drug-likeness (QED) is 0.458. The number of esters is 1. The number of hydrogen-bond acceptors (Lipinski definition) is 7. The van der Waals surface area contributed by atoms with Crippen LogP contribution in [0.1, 0.15) is 41.6 Å². The van der Waals surface area contributed by atoms with Gasteiger partial charge in [-0.2, -0.15) is 5.10 Å². The molecule has 138 valence electrons. The molecule has 0 unspecified atom stereocenters. The summed E-state index contributed by atoms with van der Waals surface area (Å²) in [6.07, 6.45) is 7.02. The fourth-order valence-electron chi connectivity index (χ4n) is 3.24. The Labute approximate surface area is 150 Å². The zero-order valence-corrected chi connectivity index (χ0v) is 14.8. The van der Waals surface area contributed by atoms with E-state index in [1.807, 2.05) is 22.7 Å². The summed E-state index contributed by atoms with van der Waals surface area (Å²) in [6, 6.07) is 1.23. The summed E-state index contributed by atoms with van der Waals surface area (Å²) in [5.74, 6) is 0.0455. The Morgan fingerprint density at radius 3 is 2.69 bits per heavy atom. The molecule has 2 aromatic rings. The van der Waals surface area contributed by atoms with E-state index < -0.39 is 10.9 Å². The maximum atomic E-state index is 11.6. The van der Waals surface area contributed by atoms with Gasteiger partial charge >= 0.3 is 11.7 Å². The van der Waals surface area contributed by atoms with E-state index in [2.05, 4.69) is 21.0 Å². The second kappa shape index (κ2) is 7.51. The third kappa shape index (κ3) is 3.51. The van der Waals surface area contributed by atoms with Crippen LogP contribution in [0, 0.1) is 10.1 Å². The molecule has 1 aliphatic heterocycles. The van der Waals surface area contributed by atoms with Crippen molar-refractivity contribution in [3.05, 3.63) is 45.9 Å². The highest BCUT2D eigenvalue weighted by molar-refractivity contribution is 5.90. The fourth-order valence-corrected chi connectivity index (χ4v) is 3.24. The van der Waals surface area contributed by atoms with Crippen molar-refractivity contribution in [3.8, 4) is 0 Å². The first kappa shape index (κ1) is 17.8. The van der Waals surface area contributed by atoms with Crippen LogP contribution < -0.4 is 4.90 Å². The summed E-state index contributed by atoms with van der Waals surface area (Å²) in [7, 11) is 1.23. The minimum Gasteiger partial charge on any atom is -0.465 e. The summed E-state index contributed by atoms with van der Waals surface area (Å²) >= 11 is 0. The SMILES string of the molecule is CCn1cc(C2CCN(c3ncc(C(=O)OC)cc3[N+](=O)[O-])CC2)cn1. The van der Waals surface area contributed by atoms with Crippen molar-refractivity contribution < 1.29 is 14.5 Å². The number of pyridine rings is 1. The normalized spacial score (nSPS) is 15.1. The number of carbonyl (C=O) groups excluding carboxylic acids is 1. The lowest BCUT2D eigenvalue weighted by atomic mass is 9.91. The molecule has 0 atom stereocenters. The average molecular weight is 359 g/mol. The summed E-state index contributed by atoms with van der Waals surface area (Å²) in [6.45, 7) is 4.20. The molecule has 9 heteroatoms. The zero-order valence-electron chi connectivity index (χ0n) is 14.8. The molecule has 1 saturated heterocycles. The number of carbonyl (C=O) groups is 1. The van der Waals surface area contributed by atoms with Crippen LogP contribution in [-0.2, 0) is 11.3 Å². The predicted molar refractivity (Wildman–Crippen MR) is 94.3 cm³/mol. The fraction of sp³-hybridized carbons (Fsp3) is 0.471. The minimum atomic E-state index is -0.640. The monoisotopic (exact) mass is 359 g/mol. The van der Waals surface area contributed by atoms with Crippen molar-refractivity contribution in [2.24, 2.45) is 0 Å². The standard InChI is InChI=1S/C17H21N5O4/c1-3-21-11-14(10-19-21)12-4-6-20(7-5-12)16-15(22(24)25)8-13(9-18-16)17(23)26-2/h8-12H,3-7H2,1-2H3. The van der Waals surface area contributed by atoms with Crippen LogP contribution in [0.3, 0.4) is 0 Å². The van der Waals surface area contributed by atoms with Crippen molar-refractivity contribution in [3.63, 3.8) is 0 Å². The van der Waals surface area contributed by atoms with Gasteiger partial charge in [0.05, 0.1) is 23.8 Å². The number of nitro groups is 1. The molecular formula is C17H21N5O4. The Morgan fingerprint density at radius 1 is 1.38 bits per heavy atom. The largest absolute Gasteiger partial charge is 0.465 e. The van der Waals surface area contributed by atoms with E-state index in [1.165, 1.54) is 24.9 Å². The lowest BCUT2D eigenvalue weighted by Gasteiger charge is -2.32. The first-order chi connectivity index (χ1) is 12.5. The van der Waals surface area contributed by atoms with E-state index in [4.69, 9.17) is 0 Å². The third-order valence-electron chi connectivity index (χ3n) is 4.71. The van der Waals surface area contributed by atoms with Crippen LogP contribution in [0.15, 0.2) is 24.7 Å². The van der Waals surface area contributed by atoms with E-state index in [-0.39, 0.29) is 11.3 Å². The molecule has 0 amide bonds. The van der Waals surface area contributed by atoms with Crippen LogP contribution >= 0.6 is 0 Å². The van der Waals surface area contributed by atoms with Crippen molar-refractivity contribution in [2.75, 3.05) is 25.1 Å². The van der Waals surface area contributed by atoms with Crippen LogP contribution in [0.5, 0.6) is 0 Å². The van der Waals surface area contributed by atoms with Crippen LogP contribution in [0.2, 0.25) is 0 Å². The van der Waals surface area contributed by atoms with Gasteiger partial charge in [0.25, 0.3) is 0 Å². The van der Waals surface area contributed by atoms with Gasteiger partial charge in [-0.05, 0) is 31.2 Å². The molecule has 26 heavy (non-hydrogen) atoms. The number of rotatable bonds is 5. The molecular weight excluding hydrogens is 338 g/mol. The lowest BCUT2D eigenvalue weighted by Crippen LogP contribution is -2.34. The van der Waals surface area contributed by atoms with Crippen LogP contribution in [0.4, 0.5) is 11.5 Å². The van der Waals surface area contributed by atoms with Crippen molar-refractivity contribution in [1.82, 2.24) is 14.8 Å². The Hall–Kier alpha value is -2.97. The number of piperidine rings is 1. The Balaban J connectivity index is 1.76. The second-order valence-corrected chi connectivity index (χ2v) is 6.21. The maximum absolute atomic E-state index is 11.6. The number of aryl methyl sites for hydroxylation is 1. The molecule has 0 bridgehead atoms. The van der Waals surface area contributed by atoms with Gasteiger partial charge in [0, 0.05) is 38.1 Å². The molecule has 0 N–H and O–H groups in total. The second-order valence-electron chi connectivity index (χ2n) is 6.21. The summed E-state index contributed by atoms with van der Waals surface area (Å²) in [5, 5.41) is 15.7. The van der Waals surface area contributed by atoms with E-state index in [0.717, 1.165) is 19.4 Å². The van der Waals surface area contributed by atoms with Gasteiger partial charge < -0.3 is 9.64 Å². The maximum Gasteiger partial charge on any atom is 0.339 e. The third-order valence-corrected chi connectivity index (χ3v) is 4.71. The van der Waals surface area contributed by atoms with Crippen LogP contribution in [-0.4, -0.2) is 45.9 Å². The predicted octanol–water partition coefficient (Wildman–Crippen LogP) is 2.38. The van der Waals surface area contributed by atoms with E-state index in [1.54, 1.807) is 0 Å². The first-order valence-corrected chi connectivity index (χ1v) is 8.53. The minimum absolute atomic E-state index is 0.0739. The number of nitrogens with zero attached hydrogens (tertiary/aromatic N) is 5. The molecule has 2 aromatic heterocycles. The van der Waals surface area contributed by atoms with Gasteiger partial charge in [0.15, 0.2) is 0 Å². The van der Waals surface area contributed by atoms with Gasteiger partial charge in [0.1, 0.15) is 0 Å². The molecule has 0 aromatic carbocycles. The van der Waals surface area contributed by atoms with Gasteiger partial charge in [-0.15, -0.1) is 0 Å². The smallest absolute Gasteiger partial charge is 0.339 e. The summed E-state index contributed by atoms with van der Waals surface area (Å²) < 4.78 is 6.51. The number of hydrogen-bond donors (Lipinski definition) is 0. The number of ether oxygens (including phenoxy) is 1. The molecule has 0 spiro atoms. The van der Waals surface area contributed by atoms with Crippen molar-refractivity contribution in [1.29, 1.82) is 0 Å². The van der Waals surface area contributed by atoms with E-state index in [0.29, 0.717) is 24.8 Å². The Morgan fingerprint density at radius 2 is 2.12 bits per heavy atom. The Kier molecular flexibility index (Phi) is 5.15. The first-order valence-electron chi connectivity index (χ1n) is 8.53. The van der Waals surface area contributed by atoms with Crippen molar-refractivity contribution >= 4 is 17.5 Å². The highest BCUT2D eigenvalue weighted by atomic mass is 16.6. The molecule has 0 radical (unpaired) electrons. The van der Waals surface area contributed by atoms with Crippen molar-refractivity contribution in [2.45, 2.75) is 32.2 Å². The highest BCUT2D eigenvalue weighted by Crippen LogP contribution is 2.33. The van der Waals surface area contributed by atoms with Crippen LogP contribution in [0.25, 0.3) is 0 Å². The Bertz CT molecular complexity index is 811. The van der Waals surface area contributed by atoms with Gasteiger partial charge in [-0.25, -0.2) is 9.78 Å². The summed E-state index contributed by atoms with van der Waals surface area (Å²) in [5.41, 5.74) is 1.10. The number of methoxy groups -OCH3 is 1. The lowest BCUT2D eigenvalue weighted by molar-refractivity contribution is -0.384. The summed E-state index contributed by atoms with van der Waals surface area (Å²) in [4.78, 5) is 28.6. The number of aromatic nitrogens is 3. The zero-order chi connectivity index (χ0) is 18.7. The molecule has 3 heterocycles. The van der Waals surface area contributed by atoms with E-state index >= 15 is 0 Å². The molecule has 1 aliphatic rings. The van der Waals surface area contributed by atoms with Gasteiger partial charge in [-0.3, -0.25) is 14.8 Å². The van der Waals surface area contributed by atoms with Gasteiger partial charge in [0.2, 0.25) is 5.82 Å². The topological polar surface area (TPSA) is 103 Å². The van der Waals surface area contributed by atoms with Gasteiger partial charge in [-0.1, -0.05) is 0 Å². The molecule has 0 aliphatic carbocycles. The average Bonchev–Trinajstić information content (AvgIpc) is 3.16. The molecule has 1 fully saturated rings. The highest BCUT2D eigenvalue weighted by Gasteiger charge is 2.28. The molecule has 3 rings (SSSR count).